The second-order valence-corrected chi connectivity index (χ2v) is 3.88. The lowest BCUT2D eigenvalue weighted by Gasteiger charge is -2.04. The van der Waals surface area contributed by atoms with Crippen molar-refractivity contribution >= 4 is 22.6 Å². The van der Waals surface area contributed by atoms with Crippen molar-refractivity contribution in [3.8, 4) is 0 Å². The molecule has 0 aliphatic rings. The zero-order valence-corrected chi connectivity index (χ0v) is 6.62. The molecule has 8 heteroatoms. The summed E-state index contributed by atoms with van der Waals surface area (Å²) in [5.41, 5.74) is 0. The summed E-state index contributed by atoms with van der Waals surface area (Å²) in [4.78, 5) is 26.3. The molecule has 0 rings (SSSR count). The lowest BCUT2D eigenvalue weighted by molar-refractivity contribution is -0.134. The Kier molecular flexibility index (Phi) is 4.01. The number of carboxylic acids is 1. The fourth-order valence-electron chi connectivity index (χ4n) is 0.267. The number of rotatable bonds is 4. The van der Waals surface area contributed by atoms with Gasteiger partial charge >= 0.3 is 13.6 Å². The van der Waals surface area contributed by atoms with Gasteiger partial charge in [0.15, 0.2) is 9.03 Å². The van der Waals surface area contributed by atoms with Crippen LogP contribution in [0.2, 0.25) is 0 Å². The summed E-state index contributed by atoms with van der Waals surface area (Å²) in [6, 6.07) is 0. The number of carboxylic acid groups (broad SMARTS) is 1. The normalized spacial score (nSPS) is 17.4. The summed E-state index contributed by atoms with van der Waals surface area (Å²) in [7, 11) is -5.25. The fraction of sp³-hybridized carbons (Fsp3) is 0.500. The summed E-state index contributed by atoms with van der Waals surface area (Å²) in [6.07, 6.45) is -0.986. The molecule has 2 atom stereocenters. The minimum Gasteiger partial charge on any atom is -0.481 e. The highest BCUT2D eigenvalue weighted by atomic mass is 31.2. The zero-order valence-electron chi connectivity index (χ0n) is 4.72. The molecule has 0 saturated heterocycles. The molecule has 0 aliphatic heterocycles. The molecule has 0 radical (unpaired) electrons. The van der Waals surface area contributed by atoms with E-state index in [0.717, 1.165) is 0 Å². The fourth-order valence-corrected chi connectivity index (χ4v) is 1.38. The van der Waals surface area contributed by atoms with Gasteiger partial charge in [-0.3, -0.25) is 13.7 Å². The van der Waals surface area contributed by atoms with E-state index in [2.05, 4.69) is 4.31 Å². The van der Waals surface area contributed by atoms with E-state index in [9.17, 15) is 9.36 Å². The number of hydrogen-bond donors (Lipinski definition) is 3. The SMILES string of the molecule is O=C(O)CP(=O)(O)OPO. The monoisotopic (exact) mass is 188 g/mol. The zero-order chi connectivity index (χ0) is 8.20. The van der Waals surface area contributed by atoms with Crippen molar-refractivity contribution in [1.82, 2.24) is 0 Å². The van der Waals surface area contributed by atoms with Crippen molar-refractivity contribution in [2.75, 3.05) is 6.16 Å². The van der Waals surface area contributed by atoms with E-state index in [1.165, 1.54) is 0 Å². The molecule has 60 valence electrons. The van der Waals surface area contributed by atoms with Gasteiger partial charge in [0.2, 0.25) is 0 Å². The molecule has 0 amide bonds. The Morgan fingerprint density at radius 3 is 2.50 bits per heavy atom. The van der Waals surface area contributed by atoms with Crippen LogP contribution in [0.1, 0.15) is 0 Å². The van der Waals surface area contributed by atoms with Crippen molar-refractivity contribution in [2.24, 2.45) is 0 Å². The van der Waals surface area contributed by atoms with Gasteiger partial charge in [-0.15, -0.1) is 0 Å². The van der Waals surface area contributed by atoms with E-state index in [4.69, 9.17) is 14.9 Å². The van der Waals surface area contributed by atoms with Gasteiger partial charge in [-0.1, -0.05) is 0 Å². The largest absolute Gasteiger partial charge is 0.481 e. The second-order valence-electron chi connectivity index (χ2n) is 1.37. The van der Waals surface area contributed by atoms with Crippen LogP contribution in [0.15, 0.2) is 0 Å². The van der Waals surface area contributed by atoms with E-state index in [1.54, 1.807) is 0 Å². The van der Waals surface area contributed by atoms with Crippen molar-refractivity contribution in [2.45, 2.75) is 0 Å². The van der Waals surface area contributed by atoms with Gasteiger partial charge in [0.25, 0.3) is 0 Å². The molecular weight excluding hydrogens is 182 g/mol. The smallest absolute Gasteiger partial charge is 0.344 e. The van der Waals surface area contributed by atoms with Crippen LogP contribution in [0, 0.1) is 0 Å². The first-order chi connectivity index (χ1) is 4.48. The quantitative estimate of drug-likeness (QED) is 0.526. The first-order valence-electron chi connectivity index (χ1n) is 2.09. The maximum atomic E-state index is 10.4. The van der Waals surface area contributed by atoms with Gasteiger partial charge in [-0.25, -0.2) is 0 Å². The topological polar surface area (TPSA) is 104 Å². The number of hydrogen-bond acceptors (Lipinski definition) is 4. The van der Waals surface area contributed by atoms with Crippen molar-refractivity contribution in [3.63, 3.8) is 0 Å². The summed E-state index contributed by atoms with van der Waals surface area (Å²) < 4.78 is 14.3. The molecule has 10 heavy (non-hydrogen) atoms. The highest BCUT2D eigenvalue weighted by molar-refractivity contribution is 7.59. The maximum absolute atomic E-state index is 10.4. The average Bonchev–Trinajstić information content (AvgIpc) is 1.59. The predicted molar refractivity (Wildman–Crippen MR) is 33.9 cm³/mol. The highest BCUT2D eigenvalue weighted by Crippen LogP contribution is 2.46. The van der Waals surface area contributed by atoms with Gasteiger partial charge in [-0.05, 0) is 0 Å². The van der Waals surface area contributed by atoms with Crippen LogP contribution < -0.4 is 0 Å². The molecule has 3 N–H and O–H groups in total. The van der Waals surface area contributed by atoms with Gasteiger partial charge < -0.3 is 14.9 Å². The molecule has 0 spiro atoms. The van der Waals surface area contributed by atoms with Crippen LogP contribution >= 0.6 is 16.6 Å². The molecule has 2 unspecified atom stereocenters. The molecule has 0 aromatic heterocycles. The maximum Gasteiger partial charge on any atom is 0.344 e. The Labute approximate surface area is 58.3 Å². The number of aliphatic carboxylic acids is 1. The van der Waals surface area contributed by atoms with Gasteiger partial charge in [0.1, 0.15) is 6.16 Å². The van der Waals surface area contributed by atoms with E-state index in [1.807, 2.05) is 0 Å². The van der Waals surface area contributed by atoms with Gasteiger partial charge in [-0.2, -0.15) is 0 Å². The lowest BCUT2D eigenvalue weighted by atomic mass is 10.8. The molecule has 6 nitrogen and oxygen atoms in total. The lowest BCUT2D eigenvalue weighted by Crippen LogP contribution is -2.02. The highest BCUT2D eigenvalue weighted by Gasteiger charge is 2.23. The van der Waals surface area contributed by atoms with Crippen LogP contribution in [0.25, 0.3) is 0 Å². The van der Waals surface area contributed by atoms with Crippen LogP contribution in [0.3, 0.4) is 0 Å². The molecule has 0 fully saturated rings. The van der Waals surface area contributed by atoms with Crippen molar-refractivity contribution < 1.29 is 28.6 Å². The third-order valence-corrected chi connectivity index (χ3v) is 2.66. The van der Waals surface area contributed by atoms with Gasteiger partial charge in [0.05, 0.1) is 0 Å². The molecule has 0 heterocycles. The van der Waals surface area contributed by atoms with E-state index in [0.29, 0.717) is 0 Å². The average molecular weight is 188 g/mol. The predicted octanol–water partition coefficient (Wildman–Crippen LogP) is -0.226. The first-order valence-corrected chi connectivity index (χ1v) is 4.71. The minimum absolute atomic E-state index is 0.986. The Balaban J connectivity index is 3.87. The van der Waals surface area contributed by atoms with Crippen LogP contribution in [-0.4, -0.2) is 27.0 Å². The molecule has 0 aromatic carbocycles. The van der Waals surface area contributed by atoms with E-state index in [-0.39, 0.29) is 0 Å². The molecule has 0 bridgehead atoms. The summed E-state index contributed by atoms with van der Waals surface area (Å²) in [6.45, 7) is 0. The molecule has 0 saturated carbocycles. The summed E-state index contributed by atoms with van der Waals surface area (Å²) >= 11 is 0. The standard InChI is InChI=1S/C2H6O6P2/c3-2(4)1-10(6,7)8-9-5/h5,9H,1H2,(H,3,4)(H,6,7). The second kappa shape index (κ2) is 4.01. The Hall–Kier alpha value is 0.01000. The van der Waals surface area contributed by atoms with Crippen molar-refractivity contribution in [1.29, 1.82) is 0 Å². The van der Waals surface area contributed by atoms with E-state index < -0.39 is 28.8 Å². The van der Waals surface area contributed by atoms with Crippen LogP contribution in [0.4, 0.5) is 0 Å². The third-order valence-electron chi connectivity index (χ3n) is 0.519. The Morgan fingerprint density at radius 1 is 1.70 bits per heavy atom. The van der Waals surface area contributed by atoms with Gasteiger partial charge in [0, 0.05) is 0 Å². The minimum atomic E-state index is -4.09. The summed E-state index contributed by atoms with van der Waals surface area (Å²) in [5, 5.41) is 7.98. The first kappa shape index (κ1) is 10.0. The number of carbonyl (C=O) groups is 1. The van der Waals surface area contributed by atoms with E-state index >= 15 is 0 Å². The van der Waals surface area contributed by atoms with Crippen molar-refractivity contribution in [3.05, 3.63) is 0 Å². The van der Waals surface area contributed by atoms with Crippen LogP contribution in [0.5, 0.6) is 0 Å². The molecule has 0 aliphatic carbocycles. The Morgan fingerprint density at radius 2 is 2.20 bits per heavy atom. The Bertz CT molecular complexity index is 165. The molecular formula is C2H6O6P2. The summed E-state index contributed by atoms with van der Waals surface area (Å²) in [5.74, 6) is -1.44. The molecule has 0 aromatic rings. The van der Waals surface area contributed by atoms with Crippen LogP contribution in [-0.2, 0) is 13.7 Å². The third kappa shape index (κ3) is 4.85.